The summed E-state index contributed by atoms with van der Waals surface area (Å²) >= 11 is 2.82. The molecular formula is C20H22N6O2S2. The van der Waals surface area contributed by atoms with Crippen LogP contribution in [-0.4, -0.2) is 38.4 Å². The molecule has 0 bridgehead atoms. The number of hydrogen-bond acceptors (Lipinski definition) is 8. The molecule has 0 saturated carbocycles. The highest BCUT2D eigenvalue weighted by molar-refractivity contribution is 7.16. The monoisotopic (exact) mass is 442 g/mol. The van der Waals surface area contributed by atoms with Gasteiger partial charge in [0, 0.05) is 43.8 Å². The van der Waals surface area contributed by atoms with Crippen molar-refractivity contribution in [3.63, 3.8) is 0 Å². The first kappa shape index (κ1) is 20.6. The Bertz CT molecular complexity index is 1030. The zero-order valence-corrected chi connectivity index (χ0v) is 18.2. The fourth-order valence-electron chi connectivity index (χ4n) is 3.22. The van der Waals surface area contributed by atoms with Crippen molar-refractivity contribution in [2.24, 2.45) is 0 Å². The van der Waals surface area contributed by atoms with Crippen LogP contribution in [0.4, 0.5) is 10.3 Å². The fourth-order valence-corrected chi connectivity index (χ4v) is 4.89. The molecule has 1 aromatic carbocycles. The van der Waals surface area contributed by atoms with E-state index >= 15 is 0 Å². The van der Waals surface area contributed by atoms with Gasteiger partial charge in [-0.15, -0.1) is 21.5 Å². The van der Waals surface area contributed by atoms with Crippen molar-refractivity contribution in [2.45, 2.75) is 39.3 Å². The maximum atomic E-state index is 12.2. The van der Waals surface area contributed by atoms with Crippen LogP contribution in [0.15, 0.2) is 30.3 Å². The molecule has 8 nitrogen and oxygen atoms in total. The fraction of sp³-hybridized carbons (Fsp3) is 0.350. The predicted molar refractivity (Wildman–Crippen MR) is 118 cm³/mol. The summed E-state index contributed by atoms with van der Waals surface area (Å²) in [6.07, 6.45) is 1.05. The van der Waals surface area contributed by atoms with E-state index in [4.69, 9.17) is 0 Å². The Hall–Kier alpha value is -2.69. The summed E-state index contributed by atoms with van der Waals surface area (Å²) in [6, 6.07) is 10.4. The molecular weight excluding hydrogens is 420 g/mol. The maximum absolute atomic E-state index is 12.2. The topological polar surface area (TPSA) is 100 Å². The van der Waals surface area contributed by atoms with Crippen molar-refractivity contribution < 1.29 is 9.59 Å². The lowest BCUT2D eigenvalue weighted by Gasteiger charge is -2.25. The summed E-state index contributed by atoms with van der Waals surface area (Å²) < 4.78 is 0. The number of benzene rings is 1. The summed E-state index contributed by atoms with van der Waals surface area (Å²) in [6.45, 7) is 4.50. The number of thiazole rings is 1. The molecule has 0 saturated heterocycles. The Morgan fingerprint density at radius 2 is 1.77 bits per heavy atom. The second-order valence-corrected chi connectivity index (χ2v) is 9.32. The number of aryl methyl sites for hydroxylation is 1. The third kappa shape index (κ3) is 5.47. The van der Waals surface area contributed by atoms with Crippen LogP contribution in [0, 0.1) is 6.92 Å². The van der Waals surface area contributed by atoms with Gasteiger partial charge in [0.25, 0.3) is 0 Å². The maximum Gasteiger partial charge on any atom is 0.226 e. The number of rotatable bonds is 7. The number of nitrogens with zero attached hydrogens (tertiary/aromatic N) is 4. The van der Waals surface area contributed by atoms with E-state index in [-0.39, 0.29) is 24.7 Å². The molecule has 1 aliphatic heterocycles. The quantitative estimate of drug-likeness (QED) is 0.583. The van der Waals surface area contributed by atoms with Crippen LogP contribution in [0.2, 0.25) is 0 Å². The number of anilines is 2. The lowest BCUT2D eigenvalue weighted by molar-refractivity contribution is -0.121. The van der Waals surface area contributed by atoms with Gasteiger partial charge in [-0.25, -0.2) is 4.98 Å². The van der Waals surface area contributed by atoms with Crippen LogP contribution in [0.1, 0.15) is 34.0 Å². The van der Waals surface area contributed by atoms with E-state index in [2.05, 4.69) is 55.0 Å². The van der Waals surface area contributed by atoms with E-state index in [0.717, 1.165) is 36.8 Å². The molecule has 30 heavy (non-hydrogen) atoms. The molecule has 156 valence electrons. The first-order chi connectivity index (χ1) is 14.5. The van der Waals surface area contributed by atoms with Gasteiger partial charge >= 0.3 is 0 Å². The van der Waals surface area contributed by atoms with Crippen molar-refractivity contribution in [2.75, 3.05) is 17.2 Å². The van der Waals surface area contributed by atoms with Crippen molar-refractivity contribution in [3.05, 3.63) is 51.5 Å². The van der Waals surface area contributed by atoms with Crippen LogP contribution < -0.4 is 10.6 Å². The molecule has 1 aliphatic rings. The Balaban J connectivity index is 1.25. The summed E-state index contributed by atoms with van der Waals surface area (Å²) in [5.74, 6) is -0.470. The lowest BCUT2D eigenvalue weighted by atomic mass is 10.1. The smallest absolute Gasteiger partial charge is 0.226 e. The van der Waals surface area contributed by atoms with Crippen molar-refractivity contribution in [1.29, 1.82) is 0 Å². The first-order valence-corrected chi connectivity index (χ1v) is 11.3. The van der Waals surface area contributed by atoms with Crippen LogP contribution in [-0.2, 0) is 29.1 Å². The highest BCUT2D eigenvalue weighted by atomic mass is 32.1. The van der Waals surface area contributed by atoms with Gasteiger partial charge in [-0.05, 0) is 12.5 Å². The Morgan fingerprint density at radius 3 is 2.47 bits per heavy atom. The molecule has 4 rings (SSSR count). The van der Waals surface area contributed by atoms with Crippen LogP contribution in [0.3, 0.4) is 0 Å². The average Bonchev–Trinajstić information content (AvgIpc) is 3.32. The number of nitrogens with one attached hydrogen (secondary N) is 2. The van der Waals surface area contributed by atoms with Gasteiger partial charge in [0.05, 0.1) is 5.69 Å². The highest BCUT2D eigenvalue weighted by Gasteiger charge is 2.21. The minimum atomic E-state index is -0.253. The van der Waals surface area contributed by atoms with Crippen molar-refractivity contribution in [3.8, 4) is 0 Å². The van der Waals surface area contributed by atoms with Gasteiger partial charge < -0.3 is 10.6 Å². The van der Waals surface area contributed by atoms with Gasteiger partial charge in [-0.1, -0.05) is 41.7 Å². The van der Waals surface area contributed by atoms with Crippen LogP contribution >= 0.6 is 22.7 Å². The van der Waals surface area contributed by atoms with Gasteiger partial charge in [-0.3, -0.25) is 14.5 Å². The molecule has 2 N–H and O–H groups in total. The summed E-state index contributed by atoms with van der Waals surface area (Å²) in [5, 5.41) is 15.0. The molecule has 0 spiro atoms. The van der Waals surface area contributed by atoms with Crippen molar-refractivity contribution >= 4 is 44.8 Å². The molecule has 2 amide bonds. The Morgan fingerprint density at radius 1 is 1.03 bits per heavy atom. The normalized spacial score (nSPS) is 13.6. The molecule has 0 aliphatic carbocycles. The van der Waals surface area contributed by atoms with Gasteiger partial charge in [0.15, 0.2) is 5.13 Å². The van der Waals surface area contributed by atoms with E-state index in [1.165, 1.54) is 33.1 Å². The number of fused-ring (bicyclic) bond motifs is 1. The predicted octanol–water partition coefficient (Wildman–Crippen LogP) is 3.22. The number of amides is 2. The van der Waals surface area contributed by atoms with Crippen LogP contribution in [0.25, 0.3) is 0 Å². The largest absolute Gasteiger partial charge is 0.302 e. The zero-order chi connectivity index (χ0) is 20.9. The number of aromatic nitrogens is 3. The summed E-state index contributed by atoms with van der Waals surface area (Å²) in [5.41, 5.74) is 2.35. The lowest BCUT2D eigenvalue weighted by Crippen LogP contribution is -2.29. The molecule has 0 atom stereocenters. The molecule has 3 aromatic rings. The third-order valence-electron chi connectivity index (χ3n) is 4.66. The van der Waals surface area contributed by atoms with Crippen molar-refractivity contribution in [1.82, 2.24) is 20.1 Å². The van der Waals surface area contributed by atoms with E-state index in [0.29, 0.717) is 10.3 Å². The molecule has 0 fully saturated rings. The highest BCUT2D eigenvalue weighted by Crippen LogP contribution is 2.29. The molecule has 3 heterocycles. The van der Waals surface area contributed by atoms with Gasteiger partial charge in [0.1, 0.15) is 5.01 Å². The second-order valence-electron chi connectivity index (χ2n) is 7.06. The van der Waals surface area contributed by atoms with Crippen LogP contribution in [0.5, 0.6) is 0 Å². The Kier molecular flexibility index (Phi) is 6.46. The van der Waals surface area contributed by atoms with E-state index < -0.39 is 0 Å². The third-order valence-corrected chi connectivity index (χ3v) is 6.41. The molecule has 2 aromatic heterocycles. The Labute approximate surface area is 182 Å². The summed E-state index contributed by atoms with van der Waals surface area (Å²) in [7, 11) is 0. The molecule has 0 radical (unpaired) electrons. The zero-order valence-electron chi connectivity index (χ0n) is 16.6. The van der Waals surface area contributed by atoms with Gasteiger partial charge in [-0.2, -0.15) is 0 Å². The molecule has 10 heteroatoms. The SMILES string of the molecule is Cc1nnc(NC(=O)CCC(=O)Nc2nc3c(s2)CN(Cc2ccccc2)CC3)s1. The number of carbonyl (C=O) groups is 2. The number of carbonyl (C=O) groups excluding carboxylic acids is 2. The minimum Gasteiger partial charge on any atom is -0.302 e. The number of hydrogen-bond donors (Lipinski definition) is 2. The molecule has 0 unspecified atom stereocenters. The standard InChI is InChI=1S/C20H22N6O2S2/c1-13-24-25-20(29-13)23-18(28)8-7-17(27)22-19-21-15-9-10-26(12-16(15)30-19)11-14-5-3-2-4-6-14/h2-6H,7-12H2,1H3,(H,21,22,27)(H,23,25,28). The van der Waals surface area contributed by atoms with E-state index in [9.17, 15) is 9.59 Å². The second kappa shape index (κ2) is 9.41. The average molecular weight is 443 g/mol. The van der Waals surface area contributed by atoms with E-state index in [1.807, 2.05) is 13.0 Å². The van der Waals surface area contributed by atoms with E-state index in [1.54, 1.807) is 0 Å². The summed E-state index contributed by atoms with van der Waals surface area (Å²) in [4.78, 5) is 32.3. The van der Waals surface area contributed by atoms with Gasteiger partial charge in [0.2, 0.25) is 16.9 Å². The minimum absolute atomic E-state index is 0.0837. The first-order valence-electron chi connectivity index (χ1n) is 9.70.